The van der Waals surface area contributed by atoms with E-state index in [-0.39, 0.29) is 17.9 Å². The van der Waals surface area contributed by atoms with E-state index >= 15 is 0 Å². The summed E-state index contributed by atoms with van der Waals surface area (Å²) in [5.41, 5.74) is 1.93. The Kier molecular flexibility index (Phi) is 9.94. The highest BCUT2D eigenvalue weighted by atomic mass is 32.2. The van der Waals surface area contributed by atoms with Crippen LogP contribution in [0.15, 0.2) is 78.9 Å². The number of amides is 1. The van der Waals surface area contributed by atoms with Gasteiger partial charge in [-0.05, 0) is 50.6 Å². The molecule has 1 aliphatic rings. The quantitative estimate of drug-likeness (QED) is 0.239. The second kappa shape index (κ2) is 13.6. The number of methoxy groups -OCH3 is 1. The van der Waals surface area contributed by atoms with Crippen molar-refractivity contribution in [2.75, 3.05) is 30.7 Å². The number of esters is 1. The molecule has 1 N–H and O–H groups in total. The number of nitrogens with zero attached hydrogens (tertiary/aromatic N) is 1. The third-order valence-electron chi connectivity index (χ3n) is 6.44. The highest BCUT2D eigenvalue weighted by Gasteiger charge is 2.33. The summed E-state index contributed by atoms with van der Waals surface area (Å²) in [5.74, 6) is 1.44. The molecule has 216 valence electrons. The fraction of sp³-hybridized carbons (Fsp3) is 0.344. The van der Waals surface area contributed by atoms with Crippen molar-refractivity contribution in [3.8, 4) is 5.75 Å². The summed E-state index contributed by atoms with van der Waals surface area (Å²) >= 11 is 1.67. The average molecular weight is 577 g/mol. The monoisotopic (exact) mass is 576 g/mol. The Morgan fingerprint density at radius 3 is 2.34 bits per heavy atom. The molecule has 0 spiro atoms. The number of hydrogen-bond donors (Lipinski definition) is 1. The van der Waals surface area contributed by atoms with E-state index in [0.29, 0.717) is 41.5 Å². The van der Waals surface area contributed by atoms with Crippen LogP contribution in [0.25, 0.3) is 0 Å². The summed E-state index contributed by atoms with van der Waals surface area (Å²) < 4.78 is 16.6. The highest BCUT2D eigenvalue weighted by Crippen LogP contribution is 2.25. The van der Waals surface area contributed by atoms with Crippen LogP contribution in [0.2, 0.25) is 0 Å². The van der Waals surface area contributed by atoms with Crippen LogP contribution in [0.3, 0.4) is 0 Å². The Labute approximate surface area is 245 Å². The van der Waals surface area contributed by atoms with E-state index in [0.717, 1.165) is 11.3 Å². The SMILES string of the molecule is COC(=O)[C@H](Cc1ccc(OC[C@@H]2CSCN2C(=O)OC(C)(C)C)cc1)Nc1ccccc1C(=O)c1ccccc1. The van der Waals surface area contributed by atoms with E-state index in [1.807, 2.05) is 69.3 Å². The standard InChI is InChI=1S/C32H36N2O6S/c1-32(2,3)40-31(37)34-21-41-20-24(34)19-39-25-16-14-22(15-17-25)18-28(30(36)38-4)33-27-13-9-8-12-26(27)29(35)23-10-6-5-7-11-23/h5-17,24,28,33H,18-21H2,1-4H3/t24-,28+/m1/s1. The van der Waals surface area contributed by atoms with Crippen molar-refractivity contribution in [2.24, 2.45) is 0 Å². The van der Waals surface area contributed by atoms with Crippen molar-refractivity contribution in [1.82, 2.24) is 4.90 Å². The van der Waals surface area contributed by atoms with Crippen LogP contribution in [-0.2, 0) is 20.7 Å². The molecule has 0 saturated carbocycles. The lowest BCUT2D eigenvalue weighted by molar-refractivity contribution is -0.141. The molecule has 0 aromatic heterocycles. The van der Waals surface area contributed by atoms with Gasteiger partial charge in [0.15, 0.2) is 5.78 Å². The Hall–Kier alpha value is -3.98. The van der Waals surface area contributed by atoms with Crippen LogP contribution in [0.5, 0.6) is 5.75 Å². The van der Waals surface area contributed by atoms with Gasteiger partial charge in [0, 0.05) is 29.0 Å². The van der Waals surface area contributed by atoms with Gasteiger partial charge >= 0.3 is 12.1 Å². The van der Waals surface area contributed by atoms with Gasteiger partial charge in [0.2, 0.25) is 0 Å². The van der Waals surface area contributed by atoms with Gasteiger partial charge in [-0.25, -0.2) is 9.59 Å². The van der Waals surface area contributed by atoms with Gasteiger partial charge in [0.25, 0.3) is 0 Å². The number of carbonyl (C=O) groups excluding carboxylic acids is 3. The number of rotatable bonds is 10. The minimum Gasteiger partial charge on any atom is -0.491 e. The minimum atomic E-state index is -0.714. The second-order valence-electron chi connectivity index (χ2n) is 10.7. The van der Waals surface area contributed by atoms with Crippen LogP contribution in [-0.4, -0.2) is 65.8 Å². The maximum absolute atomic E-state index is 13.2. The van der Waals surface area contributed by atoms with E-state index in [2.05, 4.69) is 5.32 Å². The topological polar surface area (TPSA) is 94.2 Å². The first-order valence-electron chi connectivity index (χ1n) is 13.5. The molecular formula is C32H36N2O6S. The lowest BCUT2D eigenvalue weighted by atomic mass is 10.00. The molecule has 41 heavy (non-hydrogen) atoms. The van der Waals surface area contributed by atoms with E-state index < -0.39 is 17.6 Å². The fourth-order valence-corrected chi connectivity index (χ4v) is 5.53. The predicted octanol–water partition coefficient (Wildman–Crippen LogP) is 5.80. The smallest absolute Gasteiger partial charge is 0.411 e. The van der Waals surface area contributed by atoms with Crippen molar-refractivity contribution >= 4 is 35.3 Å². The number of ketones is 1. The summed E-state index contributed by atoms with van der Waals surface area (Å²) in [6.07, 6.45) is 0.00630. The molecule has 2 atom stereocenters. The van der Waals surface area contributed by atoms with Gasteiger partial charge in [-0.2, -0.15) is 0 Å². The Morgan fingerprint density at radius 2 is 1.66 bits per heavy atom. The Morgan fingerprint density at radius 1 is 0.976 bits per heavy atom. The van der Waals surface area contributed by atoms with Crippen molar-refractivity contribution in [3.63, 3.8) is 0 Å². The Bertz CT molecular complexity index is 1340. The molecule has 0 aliphatic carbocycles. The van der Waals surface area contributed by atoms with Crippen LogP contribution in [0.4, 0.5) is 10.5 Å². The van der Waals surface area contributed by atoms with Gasteiger partial charge in [0.1, 0.15) is 24.0 Å². The number of carbonyl (C=O) groups is 3. The van der Waals surface area contributed by atoms with Crippen molar-refractivity contribution in [1.29, 1.82) is 0 Å². The van der Waals surface area contributed by atoms with E-state index in [1.165, 1.54) is 7.11 Å². The molecule has 1 saturated heterocycles. The zero-order chi connectivity index (χ0) is 29.4. The van der Waals surface area contributed by atoms with Crippen molar-refractivity contribution in [2.45, 2.75) is 44.9 Å². The molecule has 8 nitrogen and oxygen atoms in total. The van der Waals surface area contributed by atoms with Gasteiger partial charge in [0.05, 0.1) is 19.0 Å². The molecule has 1 amide bonds. The fourth-order valence-electron chi connectivity index (χ4n) is 4.37. The zero-order valence-corrected chi connectivity index (χ0v) is 24.6. The average Bonchev–Trinajstić information content (AvgIpc) is 3.44. The van der Waals surface area contributed by atoms with Crippen LogP contribution < -0.4 is 10.1 Å². The minimum absolute atomic E-state index is 0.0823. The molecule has 1 fully saturated rings. The summed E-state index contributed by atoms with van der Waals surface area (Å²) in [6.45, 7) is 5.91. The van der Waals surface area contributed by atoms with Crippen molar-refractivity contribution in [3.05, 3.63) is 95.6 Å². The van der Waals surface area contributed by atoms with Gasteiger partial charge in [-0.3, -0.25) is 9.69 Å². The van der Waals surface area contributed by atoms with Gasteiger partial charge in [-0.1, -0.05) is 54.6 Å². The third-order valence-corrected chi connectivity index (χ3v) is 7.52. The number of ether oxygens (including phenoxy) is 3. The zero-order valence-electron chi connectivity index (χ0n) is 23.8. The summed E-state index contributed by atoms with van der Waals surface area (Å²) in [6, 6.07) is 22.8. The number of nitrogens with one attached hydrogen (secondary N) is 1. The maximum Gasteiger partial charge on any atom is 0.411 e. The number of hydrogen-bond acceptors (Lipinski definition) is 8. The van der Waals surface area contributed by atoms with Crippen LogP contribution >= 0.6 is 11.8 Å². The summed E-state index contributed by atoms with van der Waals surface area (Å²) in [4.78, 5) is 40.1. The predicted molar refractivity (Wildman–Crippen MR) is 161 cm³/mol. The second-order valence-corrected chi connectivity index (χ2v) is 11.7. The number of thioether (sulfide) groups is 1. The van der Waals surface area contributed by atoms with Crippen LogP contribution in [0, 0.1) is 0 Å². The number of benzene rings is 3. The summed E-state index contributed by atoms with van der Waals surface area (Å²) in [7, 11) is 1.34. The number of anilines is 1. The first kappa shape index (κ1) is 30.0. The molecule has 9 heteroatoms. The largest absolute Gasteiger partial charge is 0.491 e. The number of para-hydroxylation sites is 1. The lowest BCUT2D eigenvalue weighted by Crippen LogP contribution is -2.43. The normalized spacial score (nSPS) is 15.6. The molecule has 0 radical (unpaired) electrons. The molecule has 3 aromatic carbocycles. The van der Waals surface area contributed by atoms with Gasteiger partial charge in [-0.15, -0.1) is 11.8 Å². The first-order valence-corrected chi connectivity index (χ1v) is 14.6. The third kappa shape index (κ3) is 8.27. The Balaban J connectivity index is 1.40. The molecule has 1 heterocycles. The van der Waals surface area contributed by atoms with Crippen LogP contribution in [0.1, 0.15) is 42.3 Å². The molecule has 3 aromatic rings. The van der Waals surface area contributed by atoms with Gasteiger partial charge < -0.3 is 19.5 Å². The molecular weight excluding hydrogens is 540 g/mol. The molecule has 0 bridgehead atoms. The maximum atomic E-state index is 13.2. The molecule has 1 aliphatic heterocycles. The lowest BCUT2D eigenvalue weighted by Gasteiger charge is -2.28. The molecule has 0 unspecified atom stereocenters. The molecule has 4 rings (SSSR count). The van der Waals surface area contributed by atoms with E-state index in [1.54, 1.807) is 47.0 Å². The highest BCUT2D eigenvalue weighted by molar-refractivity contribution is 7.99. The van der Waals surface area contributed by atoms with E-state index in [9.17, 15) is 14.4 Å². The van der Waals surface area contributed by atoms with E-state index in [4.69, 9.17) is 14.2 Å². The van der Waals surface area contributed by atoms with Crippen molar-refractivity contribution < 1.29 is 28.6 Å². The first-order chi connectivity index (χ1) is 19.6. The summed E-state index contributed by atoms with van der Waals surface area (Å²) in [5, 5.41) is 3.23.